The summed E-state index contributed by atoms with van der Waals surface area (Å²) in [6, 6.07) is 0. The molecule has 2 aliphatic rings. The van der Waals surface area contributed by atoms with Gasteiger partial charge in [0.1, 0.15) is 5.54 Å². The molecule has 0 spiro atoms. The lowest BCUT2D eigenvalue weighted by molar-refractivity contribution is -0.178. The lowest BCUT2D eigenvalue weighted by atomic mass is 9.54. The minimum Gasteiger partial charge on any atom is -0.388 e. The summed E-state index contributed by atoms with van der Waals surface area (Å²) in [5, 5.41) is 19.1. The van der Waals surface area contributed by atoms with Crippen LogP contribution in [0.3, 0.4) is 0 Å². The quantitative estimate of drug-likeness (QED) is 0.618. The van der Waals surface area contributed by atoms with Crippen molar-refractivity contribution in [2.45, 2.75) is 51.0 Å². The lowest BCUT2D eigenvalue weighted by Gasteiger charge is -2.58. The van der Waals surface area contributed by atoms with Crippen LogP contribution in [-0.4, -0.2) is 64.6 Å². The maximum Gasteiger partial charge on any atom is 0.243 e. The second-order valence-corrected chi connectivity index (χ2v) is 6.19. The monoisotopic (exact) mass is 272 g/mol. The van der Waals surface area contributed by atoms with Gasteiger partial charge in [0.2, 0.25) is 5.91 Å². The molecule has 1 aliphatic heterocycles. The Bertz CT molecular complexity index is 364. The third-order valence-corrected chi connectivity index (χ3v) is 4.76. The molecule has 19 heavy (non-hydrogen) atoms. The highest BCUT2D eigenvalue weighted by Gasteiger charge is 2.64. The number of carbonyl (C=O) groups excluding carboxylic acids is 1. The van der Waals surface area contributed by atoms with Crippen LogP contribution in [-0.2, 0) is 9.53 Å². The molecule has 1 saturated carbocycles. The normalized spacial score (nSPS) is 41.2. The van der Waals surface area contributed by atoms with Gasteiger partial charge in [0, 0.05) is 31.5 Å². The van der Waals surface area contributed by atoms with Crippen LogP contribution in [0.25, 0.3) is 0 Å². The molecule has 4 N–H and O–H groups in total. The third kappa shape index (κ3) is 2.07. The number of hydrogen-bond acceptors (Lipinski definition) is 5. The van der Waals surface area contributed by atoms with Gasteiger partial charge >= 0.3 is 0 Å². The van der Waals surface area contributed by atoms with E-state index in [-0.39, 0.29) is 25.1 Å². The largest absolute Gasteiger partial charge is 0.388 e. The Hall–Kier alpha value is -0.690. The number of carbonyl (C=O) groups is 1. The summed E-state index contributed by atoms with van der Waals surface area (Å²) in [7, 11) is 0. The van der Waals surface area contributed by atoms with Crippen LogP contribution in [0.2, 0.25) is 0 Å². The number of rotatable bonds is 3. The van der Waals surface area contributed by atoms with Gasteiger partial charge in [0.25, 0.3) is 0 Å². The molecule has 6 nitrogen and oxygen atoms in total. The first kappa shape index (κ1) is 14.7. The number of ether oxygens (including phenoxy) is 1. The van der Waals surface area contributed by atoms with E-state index in [0.29, 0.717) is 13.0 Å². The van der Waals surface area contributed by atoms with E-state index in [9.17, 15) is 15.0 Å². The Morgan fingerprint density at radius 2 is 1.89 bits per heavy atom. The van der Waals surface area contributed by atoms with Gasteiger partial charge in [-0.1, -0.05) is 13.8 Å². The Kier molecular flexibility index (Phi) is 3.64. The van der Waals surface area contributed by atoms with Crippen LogP contribution < -0.4 is 5.73 Å². The fourth-order valence-corrected chi connectivity index (χ4v) is 3.02. The molecule has 1 aliphatic carbocycles. The highest BCUT2D eigenvalue weighted by molar-refractivity contribution is 5.89. The SMILES string of the molecule is CCOC1CC(N)(C(=O)N2CC(O)C(O)C2)C1(C)C. The summed E-state index contributed by atoms with van der Waals surface area (Å²) in [6.07, 6.45) is -1.30. The third-order valence-electron chi connectivity index (χ3n) is 4.76. The van der Waals surface area contributed by atoms with Crippen molar-refractivity contribution in [3.63, 3.8) is 0 Å². The zero-order chi connectivity index (χ0) is 14.4. The molecule has 0 aromatic carbocycles. The van der Waals surface area contributed by atoms with Gasteiger partial charge in [0.05, 0.1) is 18.3 Å². The van der Waals surface area contributed by atoms with Gasteiger partial charge in [-0.15, -0.1) is 0 Å². The van der Waals surface area contributed by atoms with Crippen LogP contribution >= 0.6 is 0 Å². The van der Waals surface area contributed by atoms with Gasteiger partial charge in [-0.05, 0) is 6.92 Å². The van der Waals surface area contributed by atoms with Crippen molar-refractivity contribution in [1.82, 2.24) is 4.90 Å². The maximum absolute atomic E-state index is 12.5. The molecule has 1 heterocycles. The average molecular weight is 272 g/mol. The van der Waals surface area contributed by atoms with Crippen LogP contribution in [0.1, 0.15) is 27.2 Å². The van der Waals surface area contributed by atoms with Crippen LogP contribution in [0, 0.1) is 5.41 Å². The average Bonchev–Trinajstić information content (AvgIpc) is 2.68. The minimum atomic E-state index is -0.976. The van der Waals surface area contributed by atoms with Gasteiger partial charge < -0.3 is 25.6 Å². The van der Waals surface area contributed by atoms with Gasteiger partial charge in [0.15, 0.2) is 0 Å². The van der Waals surface area contributed by atoms with E-state index in [1.165, 1.54) is 4.90 Å². The van der Waals surface area contributed by atoms with Crippen molar-refractivity contribution >= 4 is 5.91 Å². The van der Waals surface area contributed by atoms with E-state index in [2.05, 4.69) is 0 Å². The van der Waals surface area contributed by atoms with Crippen LogP contribution in [0.4, 0.5) is 0 Å². The molecule has 1 saturated heterocycles. The van der Waals surface area contributed by atoms with Crippen molar-refractivity contribution in [1.29, 1.82) is 0 Å². The number of nitrogens with two attached hydrogens (primary N) is 1. The first-order valence-corrected chi connectivity index (χ1v) is 6.80. The number of nitrogens with zero attached hydrogens (tertiary/aromatic N) is 1. The van der Waals surface area contributed by atoms with Gasteiger partial charge in [-0.2, -0.15) is 0 Å². The molecule has 110 valence electrons. The zero-order valence-electron chi connectivity index (χ0n) is 11.8. The van der Waals surface area contributed by atoms with Gasteiger partial charge in [-0.3, -0.25) is 4.79 Å². The van der Waals surface area contributed by atoms with Crippen LogP contribution in [0.5, 0.6) is 0 Å². The van der Waals surface area contributed by atoms with E-state index >= 15 is 0 Å². The highest BCUT2D eigenvalue weighted by atomic mass is 16.5. The Balaban J connectivity index is 2.08. The summed E-state index contributed by atoms with van der Waals surface area (Å²) < 4.78 is 5.59. The van der Waals surface area contributed by atoms with Crippen molar-refractivity contribution < 1.29 is 19.7 Å². The van der Waals surface area contributed by atoms with E-state index in [0.717, 1.165) is 0 Å². The number of aliphatic hydroxyl groups is 2. The molecule has 1 amide bonds. The molecule has 2 fully saturated rings. The number of amides is 1. The van der Waals surface area contributed by atoms with E-state index in [4.69, 9.17) is 10.5 Å². The molecule has 2 rings (SSSR count). The topological polar surface area (TPSA) is 96.0 Å². The van der Waals surface area contributed by atoms with Crippen molar-refractivity contribution in [2.75, 3.05) is 19.7 Å². The standard InChI is InChI=1S/C13H24N2O4/c1-4-19-10-5-13(14,12(10,2)3)11(18)15-6-8(16)9(17)7-15/h8-10,16-17H,4-7,14H2,1-3H3. The first-order valence-electron chi connectivity index (χ1n) is 6.80. The molecule has 0 aromatic heterocycles. The summed E-state index contributed by atoms with van der Waals surface area (Å²) in [6.45, 7) is 6.67. The van der Waals surface area contributed by atoms with Gasteiger partial charge in [-0.25, -0.2) is 0 Å². The molecule has 0 radical (unpaired) electrons. The molecule has 4 unspecified atom stereocenters. The molecule has 4 atom stereocenters. The van der Waals surface area contributed by atoms with Crippen molar-refractivity contribution in [3.05, 3.63) is 0 Å². The highest BCUT2D eigenvalue weighted by Crippen LogP contribution is 2.50. The zero-order valence-corrected chi connectivity index (χ0v) is 11.8. The maximum atomic E-state index is 12.5. The molecule has 0 bridgehead atoms. The second-order valence-electron chi connectivity index (χ2n) is 6.19. The molecular formula is C13H24N2O4. The number of aliphatic hydroxyl groups excluding tert-OH is 2. The Labute approximate surface area is 113 Å². The molecule has 6 heteroatoms. The second kappa shape index (κ2) is 4.70. The lowest BCUT2D eigenvalue weighted by Crippen LogP contribution is -2.76. The predicted octanol–water partition coefficient (Wildman–Crippen LogP) is -0.917. The van der Waals surface area contributed by atoms with E-state index < -0.39 is 23.2 Å². The number of hydrogen-bond donors (Lipinski definition) is 3. The first-order chi connectivity index (χ1) is 8.74. The summed E-state index contributed by atoms with van der Waals surface area (Å²) in [5.41, 5.74) is 4.86. The fraction of sp³-hybridized carbons (Fsp3) is 0.923. The van der Waals surface area contributed by atoms with E-state index in [1.807, 2.05) is 20.8 Å². The van der Waals surface area contributed by atoms with Crippen LogP contribution in [0.15, 0.2) is 0 Å². The number of β-amino-alcohol motifs (C(OH)–C–C–N with tert-alkyl or cyclic N) is 2. The van der Waals surface area contributed by atoms with Crippen molar-refractivity contribution in [3.8, 4) is 0 Å². The Morgan fingerprint density at radius 3 is 2.32 bits per heavy atom. The molecule has 0 aromatic rings. The summed E-state index contributed by atoms with van der Waals surface area (Å²) in [4.78, 5) is 14.0. The fourth-order valence-electron chi connectivity index (χ4n) is 3.02. The molecular weight excluding hydrogens is 248 g/mol. The van der Waals surface area contributed by atoms with E-state index in [1.54, 1.807) is 0 Å². The Morgan fingerprint density at radius 1 is 1.37 bits per heavy atom. The van der Waals surface area contributed by atoms with Crippen molar-refractivity contribution in [2.24, 2.45) is 11.1 Å². The number of likely N-dealkylation sites (tertiary alicyclic amines) is 1. The minimum absolute atomic E-state index is 0.0242. The summed E-state index contributed by atoms with van der Waals surface area (Å²) >= 11 is 0. The smallest absolute Gasteiger partial charge is 0.243 e. The summed E-state index contributed by atoms with van der Waals surface area (Å²) in [5.74, 6) is -0.205. The predicted molar refractivity (Wildman–Crippen MR) is 69.3 cm³/mol.